The summed E-state index contributed by atoms with van der Waals surface area (Å²) in [4.78, 5) is 0. The molecule has 160 valence electrons. The van der Waals surface area contributed by atoms with Crippen LogP contribution in [0, 0.1) is 12.1 Å². The Hall–Kier alpha value is -3.59. The van der Waals surface area contributed by atoms with Gasteiger partial charge in [-0.2, -0.15) is 84.9 Å². The van der Waals surface area contributed by atoms with E-state index in [4.69, 9.17) is 0 Å². The van der Waals surface area contributed by atoms with Crippen LogP contribution in [0.1, 0.15) is 0 Å². The first-order valence-corrected chi connectivity index (χ1v) is 10.5. The Morgan fingerprint density at radius 3 is 1.06 bits per heavy atom. The molecule has 0 atom stereocenters. The zero-order valence-corrected chi connectivity index (χ0v) is 20.0. The van der Waals surface area contributed by atoms with Crippen molar-refractivity contribution in [3.63, 3.8) is 0 Å². The Bertz CT molecular complexity index is 995. The second-order valence-electron chi connectivity index (χ2n) is 6.60. The normalized spacial score (nSPS) is 8.97. The van der Waals surface area contributed by atoms with E-state index in [1.807, 2.05) is 167 Å². The van der Waals surface area contributed by atoms with Crippen LogP contribution in [-0.2, 0) is 21.7 Å². The molecule has 0 N–H and O–H groups in total. The second kappa shape index (κ2) is 16.1. The van der Waals surface area contributed by atoms with Gasteiger partial charge in [0.2, 0.25) is 0 Å². The van der Waals surface area contributed by atoms with E-state index in [1.54, 1.807) is 0 Å². The van der Waals surface area contributed by atoms with Gasteiger partial charge in [0.25, 0.3) is 0 Å². The van der Waals surface area contributed by atoms with E-state index in [0.29, 0.717) is 0 Å². The number of nitrogens with zero attached hydrogens (tertiary/aromatic N) is 2. The smallest absolute Gasteiger partial charge is 0.348 e. The van der Waals surface area contributed by atoms with Crippen LogP contribution in [0.15, 0.2) is 158 Å². The van der Waals surface area contributed by atoms with Crippen LogP contribution in [0.25, 0.3) is 11.4 Å². The van der Waals surface area contributed by atoms with E-state index in [2.05, 4.69) is 12.1 Å². The van der Waals surface area contributed by atoms with Crippen molar-refractivity contribution in [2.75, 3.05) is 0 Å². The quantitative estimate of drug-likeness (QED) is 0.188. The molecule has 4 aromatic carbocycles. The minimum atomic E-state index is 0. The van der Waals surface area contributed by atoms with Gasteiger partial charge in [0.1, 0.15) is 0 Å². The first-order valence-electron chi connectivity index (χ1n) is 10.5. The van der Waals surface area contributed by atoms with E-state index < -0.39 is 0 Å². The molecule has 0 saturated carbocycles. The number of aromatic nitrogens is 2. The number of hydrogen-bond donors (Lipinski definition) is 0. The standard InChI is InChI=1S/2C10H8N.2C5H5.Ti/c2*1-2-6-10(7-3-1)11-8-4-5-9-11;2*1-2-4-5-3-1;/h2*1-6,8-9H;2*1-5H;/q4*-1;+4. The summed E-state index contributed by atoms with van der Waals surface area (Å²) >= 11 is 0. The van der Waals surface area contributed by atoms with Crippen molar-refractivity contribution >= 4 is 0 Å². The van der Waals surface area contributed by atoms with Crippen molar-refractivity contribution < 1.29 is 21.7 Å². The molecule has 33 heavy (non-hydrogen) atoms. The maximum absolute atomic E-state index is 3.13. The number of benzene rings is 2. The topological polar surface area (TPSA) is 9.86 Å². The number of hydrogen-bond acceptors (Lipinski definition) is 0. The van der Waals surface area contributed by atoms with Crippen molar-refractivity contribution in [3.05, 3.63) is 170 Å². The summed E-state index contributed by atoms with van der Waals surface area (Å²) in [5.41, 5.74) is 2.16. The van der Waals surface area contributed by atoms with Crippen molar-refractivity contribution in [2.45, 2.75) is 0 Å². The van der Waals surface area contributed by atoms with Crippen LogP contribution in [0.4, 0.5) is 0 Å². The van der Waals surface area contributed by atoms with Gasteiger partial charge in [0.15, 0.2) is 0 Å². The van der Waals surface area contributed by atoms with Crippen molar-refractivity contribution in [1.29, 1.82) is 0 Å². The molecule has 0 aliphatic carbocycles. The minimum Gasteiger partial charge on any atom is -0.348 e. The molecule has 0 bridgehead atoms. The average Bonchev–Trinajstić information content (AvgIpc) is 3.71. The van der Waals surface area contributed by atoms with Gasteiger partial charge in [-0.15, -0.1) is 12.1 Å². The summed E-state index contributed by atoms with van der Waals surface area (Å²) in [6.07, 6.45) is 8.02. The van der Waals surface area contributed by atoms with E-state index in [-0.39, 0.29) is 21.7 Å². The van der Waals surface area contributed by atoms with Gasteiger partial charge in [0.05, 0.1) is 0 Å². The molecule has 2 heterocycles. The molecule has 2 aromatic heterocycles. The Kier molecular flexibility index (Phi) is 12.5. The van der Waals surface area contributed by atoms with E-state index in [9.17, 15) is 0 Å². The van der Waals surface area contributed by atoms with Gasteiger partial charge in [-0.25, -0.2) is 24.3 Å². The molecular weight excluding hydrogens is 436 g/mol. The summed E-state index contributed by atoms with van der Waals surface area (Å²) in [6.45, 7) is 0. The van der Waals surface area contributed by atoms with Crippen LogP contribution in [0.5, 0.6) is 0 Å². The van der Waals surface area contributed by atoms with E-state index >= 15 is 0 Å². The summed E-state index contributed by atoms with van der Waals surface area (Å²) < 4.78 is 4.06. The first-order chi connectivity index (χ1) is 15.9. The fourth-order valence-corrected chi connectivity index (χ4v) is 2.72. The molecule has 3 heteroatoms. The van der Waals surface area contributed by atoms with Gasteiger partial charge in [-0.3, -0.25) is 0 Å². The van der Waals surface area contributed by atoms with E-state index in [1.165, 1.54) is 0 Å². The zero-order chi connectivity index (χ0) is 22.1. The predicted octanol–water partition coefficient (Wildman–Crippen LogP) is 7.36. The molecule has 0 spiro atoms. The SMILES string of the molecule is [Ti+4].[c-]1ccccc1-n1cccc1.[c-]1ccccc1-n1cccc1.c1cc[cH-]c1.c1cc[cH-]c1. The minimum absolute atomic E-state index is 0. The maximum Gasteiger partial charge on any atom is 4.00 e. The third-order valence-corrected chi connectivity index (χ3v) is 4.26. The zero-order valence-electron chi connectivity index (χ0n) is 18.4. The fourth-order valence-electron chi connectivity index (χ4n) is 2.72. The van der Waals surface area contributed by atoms with Crippen molar-refractivity contribution in [3.8, 4) is 11.4 Å². The van der Waals surface area contributed by atoms with Crippen molar-refractivity contribution in [2.24, 2.45) is 0 Å². The Morgan fingerprint density at radius 2 is 0.818 bits per heavy atom. The molecule has 6 aromatic rings. The van der Waals surface area contributed by atoms with Gasteiger partial charge in [-0.1, -0.05) is 11.4 Å². The summed E-state index contributed by atoms with van der Waals surface area (Å²) in [7, 11) is 0. The molecule has 0 saturated heterocycles. The Balaban J connectivity index is 0.000000164. The summed E-state index contributed by atoms with van der Waals surface area (Å²) in [5.74, 6) is 0. The van der Waals surface area contributed by atoms with Crippen LogP contribution in [-0.4, -0.2) is 9.13 Å². The van der Waals surface area contributed by atoms with Gasteiger partial charge < -0.3 is 9.13 Å². The van der Waals surface area contributed by atoms with Crippen LogP contribution in [0.2, 0.25) is 0 Å². The first kappa shape index (κ1) is 25.7. The molecule has 0 aliphatic heterocycles. The van der Waals surface area contributed by atoms with Gasteiger partial charge in [0, 0.05) is 24.8 Å². The van der Waals surface area contributed by atoms with E-state index in [0.717, 1.165) is 11.4 Å². The molecule has 0 fully saturated rings. The molecule has 2 nitrogen and oxygen atoms in total. The molecule has 0 amide bonds. The summed E-state index contributed by atoms with van der Waals surface area (Å²) in [6, 6.07) is 50.1. The van der Waals surface area contributed by atoms with Gasteiger partial charge in [-0.05, 0) is 24.3 Å². The third kappa shape index (κ3) is 10.1. The second-order valence-corrected chi connectivity index (χ2v) is 6.60. The predicted molar refractivity (Wildman–Crippen MR) is 133 cm³/mol. The number of rotatable bonds is 2. The molecule has 0 aliphatic rings. The summed E-state index contributed by atoms with van der Waals surface area (Å²) in [5, 5.41) is 0. The molecular formula is C30H26N2Ti. The van der Waals surface area contributed by atoms with Crippen LogP contribution < -0.4 is 0 Å². The third-order valence-electron chi connectivity index (χ3n) is 4.26. The Labute approximate surface area is 212 Å². The largest absolute Gasteiger partial charge is 4.00 e. The molecule has 0 unspecified atom stereocenters. The Morgan fingerprint density at radius 1 is 0.455 bits per heavy atom. The van der Waals surface area contributed by atoms with Crippen LogP contribution in [0.3, 0.4) is 0 Å². The molecule has 6 rings (SSSR count). The van der Waals surface area contributed by atoms with Gasteiger partial charge >= 0.3 is 21.7 Å². The molecule has 0 radical (unpaired) electrons. The monoisotopic (exact) mass is 462 g/mol. The maximum atomic E-state index is 3.13. The van der Waals surface area contributed by atoms with Crippen molar-refractivity contribution in [1.82, 2.24) is 9.13 Å². The average molecular weight is 462 g/mol. The number of para-hydroxylation sites is 2. The fraction of sp³-hybridized carbons (Fsp3) is 0. The van der Waals surface area contributed by atoms with Crippen LogP contribution >= 0.6 is 0 Å².